The van der Waals surface area contributed by atoms with Crippen molar-refractivity contribution in [2.75, 3.05) is 26.7 Å². The Kier molecular flexibility index (Phi) is 4.50. The van der Waals surface area contributed by atoms with Gasteiger partial charge in [0.2, 0.25) is 10.0 Å². The topological polar surface area (TPSA) is 49.4 Å². The van der Waals surface area contributed by atoms with Gasteiger partial charge in [0.05, 0.1) is 4.90 Å². The Morgan fingerprint density at radius 1 is 1.47 bits per heavy atom. The predicted molar refractivity (Wildman–Crippen MR) is 77.0 cm³/mol. The van der Waals surface area contributed by atoms with Crippen molar-refractivity contribution in [2.45, 2.75) is 18.2 Å². The van der Waals surface area contributed by atoms with Gasteiger partial charge in [0.15, 0.2) is 0 Å². The summed E-state index contributed by atoms with van der Waals surface area (Å²) in [7, 11) is -1.53. The molecule has 1 aromatic rings. The van der Waals surface area contributed by atoms with Crippen LogP contribution in [0.5, 0.6) is 0 Å². The van der Waals surface area contributed by atoms with E-state index in [0.717, 1.165) is 13.0 Å². The van der Waals surface area contributed by atoms with Crippen molar-refractivity contribution >= 4 is 21.6 Å². The third kappa shape index (κ3) is 2.94. The van der Waals surface area contributed by atoms with Crippen LogP contribution in [0.2, 0.25) is 5.02 Å². The van der Waals surface area contributed by atoms with E-state index >= 15 is 0 Å². The summed E-state index contributed by atoms with van der Waals surface area (Å²) in [5.41, 5.74) is 0.626. The maximum Gasteiger partial charge on any atom is 0.243 e. The van der Waals surface area contributed by atoms with Gasteiger partial charge in [-0.25, -0.2) is 8.42 Å². The maximum atomic E-state index is 12.6. The van der Waals surface area contributed by atoms with Gasteiger partial charge in [-0.3, -0.25) is 0 Å². The number of hydrogen-bond acceptors (Lipinski definition) is 3. The lowest BCUT2D eigenvalue weighted by molar-refractivity contribution is 0.451. The van der Waals surface area contributed by atoms with Crippen LogP contribution in [0.4, 0.5) is 0 Å². The van der Waals surface area contributed by atoms with Crippen LogP contribution in [-0.2, 0) is 10.0 Å². The molecule has 1 atom stereocenters. The fourth-order valence-corrected chi connectivity index (χ4v) is 4.49. The van der Waals surface area contributed by atoms with Crippen molar-refractivity contribution in [1.82, 2.24) is 9.62 Å². The van der Waals surface area contributed by atoms with Crippen LogP contribution in [-0.4, -0.2) is 39.4 Å². The summed E-state index contributed by atoms with van der Waals surface area (Å²) >= 11 is 6.01. The first-order valence-electron chi connectivity index (χ1n) is 6.36. The van der Waals surface area contributed by atoms with Crippen LogP contribution in [0.3, 0.4) is 0 Å². The van der Waals surface area contributed by atoms with Gasteiger partial charge in [0.25, 0.3) is 0 Å². The van der Waals surface area contributed by atoms with Crippen molar-refractivity contribution in [2.24, 2.45) is 5.92 Å². The second-order valence-corrected chi connectivity index (χ2v) is 7.25. The molecular formula is C13H19ClN2O2S. The minimum absolute atomic E-state index is 0.324. The molecule has 1 saturated heterocycles. The lowest BCUT2D eigenvalue weighted by Gasteiger charge is -2.18. The molecule has 1 aliphatic heterocycles. The Hall–Kier alpha value is -0.620. The molecule has 6 heteroatoms. The maximum absolute atomic E-state index is 12.6. The van der Waals surface area contributed by atoms with Crippen molar-refractivity contribution in [1.29, 1.82) is 0 Å². The molecule has 4 nitrogen and oxygen atoms in total. The molecule has 2 rings (SSSR count). The standard InChI is InChI=1S/C13H19ClN2O2S/c1-10-12(14)4-3-5-13(10)19(17,18)16-7-6-11(9-16)8-15-2/h3-5,11,15H,6-9H2,1-2H3/t11-/m0/s1. The molecule has 1 aromatic carbocycles. The van der Waals surface area contributed by atoms with Crippen LogP contribution in [0.1, 0.15) is 12.0 Å². The Bertz CT molecular complexity index is 560. The lowest BCUT2D eigenvalue weighted by Crippen LogP contribution is -2.31. The fraction of sp³-hybridized carbons (Fsp3) is 0.538. The summed E-state index contributed by atoms with van der Waals surface area (Å²) in [4.78, 5) is 0.324. The predicted octanol–water partition coefficient (Wildman–Crippen LogP) is 1.88. The van der Waals surface area contributed by atoms with Gasteiger partial charge in [-0.2, -0.15) is 4.31 Å². The number of halogens is 1. The highest BCUT2D eigenvalue weighted by molar-refractivity contribution is 7.89. The molecular weight excluding hydrogens is 284 g/mol. The van der Waals surface area contributed by atoms with Gasteiger partial charge in [-0.15, -0.1) is 0 Å². The smallest absolute Gasteiger partial charge is 0.243 e. The van der Waals surface area contributed by atoms with Gasteiger partial charge < -0.3 is 5.32 Å². The normalized spacial score (nSPS) is 20.9. The number of rotatable bonds is 4. The molecule has 1 aliphatic rings. The van der Waals surface area contributed by atoms with Gasteiger partial charge in [0, 0.05) is 18.1 Å². The van der Waals surface area contributed by atoms with E-state index < -0.39 is 10.0 Å². The highest BCUT2D eigenvalue weighted by Gasteiger charge is 2.33. The van der Waals surface area contributed by atoms with Crippen LogP contribution in [0, 0.1) is 12.8 Å². The summed E-state index contributed by atoms with van der Waals surface area (Å²) in [5, 5.41) is 3.59. The summed E-state index contributed by atoms with van der Waals surface area (Å²) in [5.74, 6) is 0.388. The quantitative estimate of drug-likeness (QED) is 0.924. The first kappa shape index (κ1) is 14.8. The monoisotopic (exact) mass is 302 g/mol. The zero-order valence-corrected chi connectivity index (χ0v) is 12.8. The van der Waals surface area contributed by atoms with E-state index in [2.05, 4.69) is 5.32 Å². The molecule has 0 amide bonds. The lowest BCUT2D eigenvalue weighted by atomic mass is 10.1. The molecule has 0 unspecified atom stereocenters. The van der Waals surface area contributed by atoms with Crippen LogP contribution < -0.4 is 5.32 Å². The Morgan fingerprint density at radius 3 is 2.89 bits per heavy atom. The number of nitrogens with one attached hydrogen (secondary N) is 1. The number of hydrogen-bond donors (Lipinski definition) is 1. The molecule has 0 aromatic heterocycles. The largest absolute Gasteiger partial charge is 0.319 e. The molecule has 1 fully saturated rings. The highest BCUT2D eigenvalue weighted by atomic mass is 35.5. The van der Waals surface area contributed by atoms with Gasteiger partial charge >= 0.3 is 0 Å². The first-order valence-corrected chi connectivity index (χ1v) is 8.18. The number of benzene rings is 1. The molecule has 0 aliphatic carbocycles. The average molecular weight is 303 g/mol. The van der Waals surface area contributed by atoms with Crippen molar-refractivity contribution in [3.63, 3.8) is 0 Å². The van der Waals surface area contributed by atoms with E-state index in [9.17, 15) is 8.42 Å². The molecule has 1 heterocycles. The SMILES string of the molecule is CNC[C@@H]1CCN(S(=O)(=O)c2cccc(Cl)c2C)C1. The number of sulfonamides is 1. The highest BCUT2D eigenvalue weighted by Crippen LogP contribution is 2.28. The summed E-state index contributed by atoms with van der Waals surface area (Å²) in [6.07, 6.45) is 0.902. The average Bonchev–Trinajstić information content (AvgIpc) is 2.82. The third-order valence-corrected chi connectivity index (χ3v) is 6.00. The second-order valence-electron chi connectivity index (χ2n) is 4.94. The Balaban J connectivity index is 2.26. The van der Waals surface area contributed by atoms with Gasteiger partial charge in [-0.1, -0.05) is 17.7 Å². The Morgan fingerprint density at radius 2 is 2.21 bits per heavy atom. The van der Waals surface area contributed by atoms with Gasteiger partial charge in [-0.05, 0) is 50.6 Å². The van der Waals surface area contributed by atoms with Gasteiger partial charge in [0.1, 0.15) is 0 Å². The van der Waals surface area contributed by atoms with Crippen LogP contribution in [0.15, 0.2) is 23.1 Å². The first-order chi connectivity index (χ1) is 8.96. The van der Waals surface area contributed by atoms with E-state index in [-0.39, 0.29) is 0 Å². The molecule has 1 N–H and O–H groups in total. The van der Waals surface area contributed by atoms with Crippen LogP contribution in [0.25, 0.3) is 0 Å². The molecule has 106 valence electrons. The van der Waals surface area contributed by atoms with E-state index in [1.807, 2.05) is 7.05 Å². The van der Waals surface area contributed by atoms with E-state index in [1.54, 1.807) is 29.4 Å². The fourth-order valence-electron chi connectivity index (χ4n) is 2.48. The summed E-state index contributed by atoms with van der Waals surface area (Å²) in [6, 6.07) is 5.02. The second kappa shape index (κ2) is 5.79. The minimum atomic E-state index is -3.42. The van der Waals surface area contributed by atoms with E-state index in [1.165, 1.54) is 0 Å². The molecule has 0 radical (unpaired) electrons. The zero-order chi connectivity index (χ0) is 14.0. The van der Waals surface area contributed by atoms with E-state index in [0.29, 0.717) is 34.5 Å². The minimum Gasteiger partial charge on any atom is -0.319 e. The van der Waals surface area contributed by atoms with Crippen molar-refractivity contribution in [3.05, 3.63) is 28.8 Å². The molecule has 0 saturated carbocycles. The van der Waals surface area contributed by atoms with Crippen LogP contribution >= 0.6 is 11.6 Å². The van der Waals surface area contributed by atoms with Crippen molar-refractivity contribution in [3.8, 4) is 0 Å². The number of nitrogens with zero attached hydrogens (tertiary/aromatic N) is 1. The Labute approximate surface area is 119 Å². The summed E-state index contributed by atoms with van der Waals surface area (Å²) < 4.78 is 26.8. The third-order valence-electron chi connectivity index (χ3n) is 3.58. The van der Waals surface area contributed by atoms with E-state index in [4.69, 9.17) is 11.6 Å². The summed E-state index contributed by atoms with van der Waals surface area (Å²) in [6.45, 7) is 3.76. The zero-order valence-electron chi connectivity index (χ0n) is 11.2. The molecule has 0 spiro atoms. The molecule has 0 bridgehead atoms. The van der Waals surface area contributed by atoms with Crippen molar-refractivity contribution < 1.29 is 8.42 Å². The molecule has 19 heavy (non-hydrogen) atoms.